The van der Waals surface area contributed by atoms with Crippen LogP contribution >= 0.6 is 0 Å². The summed E-state index contributed by atoms with van der Waals surface area (Å²) in [5.74, 6) is 3.37. The second-order valence-corrected chi connectivity index (χ2v) is 6.18. The molecular weight excluding hydrogens is 386 g/mol. The van der Waals surface area contributed by atoms with E-state index < -0.39 is 0 Å². The van der Waals surface area contributed by atoms with E-state index in [0.29, 0.717) is 28.8 Å². The fraction of sp³-hybridized carbons (Fsp3) is 0.143. The molecule has 0 fully saturated rings. The van der Waals surface area contributed by atoms with Crippen LogP contribution in [0.1, 0.15) is 0 Å². The largest absolute Gasteiger partial charge is 0.497 e. The Morgan fingerprint density at radius 3 is 2.07 bits per heavy atom. The molecule has 0 aliphatic carbocycles. The molecule has 2 heterocycles. The van der Waals surface area contributed by atoms with Crippen LogP contribution in [0.3, 0.4) is 0 Å². The summed E-state index contributed by atoms with van der Waals surface area (Å²) in [4.78, 5) is 4.39. The first-order valence-electron chi connectivity index (χ1n) is 9.01. The van der Waals surface area contributed by atoms with Crippen LogP contribution in [0, 0.1) is 0 Å². The molecule has 0 unspecified atom stereocenters. The van der Waals surface area contributed by atoms with Gasteiger partial charge in [0.05, 0.1) is 21.3 Å². The van der Waals surface area contributed by atoms with E-state index in [4.69, 9.17) is 18.7 Å². The lowest BCUT2D eigenvalue weighted by Gasteiger charge is -2.09. The number of rotatable bonds is 7. The van der Waals surface area contributed by atoms with E-state index >= 15 is 0 Å². The van der Waals surface area contributed by atoms with Crippen molar-refractivity contribution in [1.82, 2.24) is 20.3 Å². The van der Waals surface area contributed by atoms with Crippen LogP contribution in [-0.2, 0) is 0 Å². The van der Waals surface area contributed by atoms with E-state index in [-0.39, 0.29) is 5.89 Å². The number of nitrogens with one attached hydrogen (secondary N) is 1. The Labute approximate surface area is 172 Å². The molecule has 0 radical (unpaired) electrons. The van der Waals surface area contributed by atoms with Gasteiger partial charge in [-0.05, 0) is 36.4 Å². The molecule has 0 aliphatic rings. The maximum atomic E-state index is 5.33. The van der Waals surface area contributed by atoms with Crippen molar-refractivity contribution in [2.45, 2.75) is 0 Å². The first-order valence-corrected chi connectivity index (χ1v) is 9.01. The van der Waals surface area contributed by atoms with E-state index in [1.165, 1.54) is 0 Å². The normalized spacial score (nSPS) is 10.5. The van der Waals surface area contributed by atoms with E-state index in [9.17, 15) is 0 Å². The first-order chi connectivity index (χ1) is 14.7. The highest BCUT2D eigenvalue weighted by Crippen LogP contribution is 2.28. The lowest BCUT2D eigenvalue weighted by molar-refractivity contribution is 0.395. The van der Waals surface area contributed by atoms with Crippen LogP contribution in [0.25, 0.3) is 23.0 Å². The summed E-state index contributed by atoms with van der Waals surface area (Å²) in [6.07, 6.45) is 0. The molecule has 0 spiro atoms. The summed E-state index contributed by atoms with van der Waals surface area (Å²) in [5, 5.41) is 15.5. The number of hydrogen-bond donors (Lipinski definition) is 1. The Kier molecular flexibility index (Phi) is 5.42. The van der Waals surface area contributed by atoms with Gasteiger partial charge in [0.1, 0.15) is 17.2 Å². The molecule has 1 N–H and O–H groups in total. The highest BCUT2D eigenvalue weighted by atomic mass is 16.5. The third kappa shape index (κ3) is 4.14. The predicted octanol–water partition coefficient (Wildman–Crippen LogP) is 3.96. The fourth-order valence-electron chi connectivity index (χ4n) is 2.73. The van der Waals surface area contributed by atoms with Crippen molar-refractivity contribution in [3.05, 3.63) is 54.6 Å². The summed E-state index contributed by atoms with van der Waals surface area (Å²) < 4.78 is 21.0. The predicted molar refractivity (Wildman–Crippen MR) is 110 cm³/mol. The summed E-state index contributed by atoms with van der Waals surface area (Å²) in [7, 11) is 4.80. The van der Waals surface area contributed by atoms with Gasteiger partial charge in [-0.15, -0.1) is 10.2 Å². The smallest absolute Gasteiger partial charge is 0.278 e. The minimum atomic E-state index is 0.280. The molecule has 0 saturated carbocycles. The van der Waals surface area contributed by atoms with Gasteiger partial charge >= 0.3 is 0 Å². The maximum Gasteiger partial charge on any atom is 0.278 e. The molecule has 152 valence electrons. The van der Waals surface area contributed by atoms with Crippen molar-refractivity contribution in [3.8, 4) is 40.2 Å². The highest BCUT2D eigenvalue weighted by Gasteiger charge is 2.13. The Morgan fingerprint density at radius 1 is 0.767 bits per heavy atom. The molecule has 0 saturated heterocycles. The molecule has 30 heavy (non-hydrogen) atoms. The monoisotopic (exact) mass is 405 g/mol. The van der Waals surface area contributed by atoms with Gasteiger partial charge in [-0.3, -0.25) is 0 Å². The van der Waals surface area contributed by atoms with Crippen molar-refractivity contribution in [2.24, 2.45) is 0 Å². The zero-order valence-corrected chi connectivity index (χ0v) is 16.6. The van der Waals surface area contributed by atoms with Crippen LogP contribution < -0.4 is 19.5 Å². The van der Waals surface area contributed by atoms with Gasteiger partial charge in [0.15, 0.2) is 11.5 Å². The molecule has 2 aromatic heterocycles. The molecule has 0 aliphatic heterocycles. The molecule has 0 amide bonds. The highest BCUT2D eigenvalue weighted by molar-refractivity contribution is 5.62. The van der Waals surface area contributed by atoms with Gasteiger partial charge in [-0.25, -0.2) is 0 Å². The van der Waals surface area contributed by atoms with Crippen molar-refractivity contribution < 1.29 is 18.7 Å². The minimum absolute atomic E-state index is 0.280. The topological polar surface area (TPSA) is 104 Å². The summed E-state index contributed by atoms with van der Waals surface area (Å²) >= 11 is 0. The molecule has 4 aromatic rings. The zero-order chi connectivity index (χ0) is 20.9. The fourth-order valence-corrected chi connectivity index (χ4v) is 2.73. The molecule has 9 heteroatoms. The van der Waals surface area contributed by atoms with Gasteiger partial charge in [0, 0.05) is 29.4 Å². The number of hydrogen-bond acceptors (Lipinski definition) is 9. The number of nitrogens with zero attached hydrogens (tertiary/aromatic N) is 4. The second-order valence-electron chi connectivity index (χ2n) is 6.18. The Balaban J connectivity index is 1.51. The maximum absolute atomic E-state index is 5.33. The standard InChI is InChI=1S/C21H19N5O4/c1-27-15-6-4-13(5-7-15)20-23-21(30-26-20)18-8-9-19(25-24-18)22-14-10-16(28-2)12-17(11-14)29-3/h4-12H,1-3H3,(H,22,25). The summed E-state index contributed by atoms with van der Waals surface area (Å²) in [6.45, 7) is 0. The van der Waals surface area contributed by atoms with Crippen LogP contribution in [-0.4, -0.2) is 41.7 Å². The van der Waals surface area contributed by atoms with Crippen LogP contribution in [0.5, 0.6) is 17.2 Å². The van der Waals surface area contributed by atoms with Gasteiger partial charge < -0.3 is 24.1 Å². The summed E-state index contributed by atoms with van der Waals surface area (Å²) in [5.41, 5.74) is 2.04. The third-order valence-electron chi connectivity index (χ3n) is 4.28. The van der Waals surface area contributed by atoms with Crippen molar-refractivity contribution in [1.29, 1.82) is 0 Å². The van der Waals surface area contributed by atoms with Crippen LogP contribution in [0.4, 0.5) is 11.5 Å². The average Bonchev–Trinajstić information content (AvgIpc) is 3.29. The van der Waals surface area contributed by atoms with Gasteiger partial charge in [-0.2, -0.15) is 4.98 Å². The lowest BCUT2D eigenvalue weighted by Crippen LogP contribution is -1.98. The Morgan fingerprint density at radius 2 is 1.47 bits per heavy atom. The SMILES string of the molecule is COc1ccc(-c2noc(-c3ccc(Nc4cc(OC)cc(OC)c4)nn3)n2)cc1. The Hall–Kier alpha value is -4.14. The zero-order valence-electron chi connectivity index (χ0n) is 16.6. The van der Waals surface area contributed by atoms with E-state index in [0.717, 1.165) is 17.0 Å². The second kappa shape index (κ2) is 8.48. The van der Waals surface area contributed by atoms with Gasteiger partial charge in [-0.1, -0.05) is 5.16 Å². The molecule has 9 nitrogen and oxygen atoms in total. The Bertz CT molecular complexity index is 1100. The number of benzene rings is 2. The van der Waals surface area contributed by atoms with Gasteiger partial charge in [0.25, 0.3) is 5.89 Å². The molecule has 2 aromatic carbocycles. The third-order valence-corrected chi connectivity index (χ3v) is 4.28. The number of ether oxygens (including phenoxy) is 3. The molecule has 4 rings (SSSR count). The van der Waals surface area contributed by atoms with E-state index in [2.05, 4.69) is 25.7 Å². The van der Waals surface area contributed by atoms with E-state index in [1.807, 2.05) is 36.4 Å². The summed E-state index contributed by atoms with van der Waals surface area (Å²) in [6, 6.07) is 16.3. The van der Waals surface area contributed by atoms with E-state index in [1.54, 1.807) is 39.5 Å². The first kappa shape index (κ1) is 19.2. The molecular formula is C21H19N5O4. The molecule has 0 atom stereocenters. The number of anilines is 2. The number of methoxy groups -OCH3 is 3. The van der Waals surface area contributed by atoms with Crippen molar-refractivity contribution in [3.63, 3.8) is 0 Å². The average molecular weight is 405 g/mol. The molecule has 0 bridgehead atoms. The number of aromatic nitrogens is 4. The van der Waals surface area contributed by atoms with Crippen molar-refractivity contribution >= 4 is 11.5 Å². The van der Waals surface area contributed by atoms with Crippen LogP contribution in [0.15, 0.2) is 59.1 Å². The van der Waals surface area contributed by atoms with Crippen LogP contribution in [0.2, 0.25) is 0 Å². The van der Waals surface area contributed by atoms with Crippen molar-refractivity contribution in [2.75, 3.05) is 26.6 Å². The quantitative estimate of drug-likeness (QED) is 0.489. The lowest BCUT2D eigenvalue weighted by atomic mass is 10.2. The minimum Gasteiger partial charge on any atom is -0.497 e. The van der Waals surface area contributed by atoms with Gasteiger partial charge in [0.2, 0.25) is 5.82 Å².